The lowest BCUT2D eigenvalue weighted by molar-refractivity contribution is -0.141. The first-order valence-corrected chi connectivity index (χ1v) is 12.8. The summed E-state index contributed by atoms with van der Waals surface area (Å²) >= 11 is 0. The second kappa shape index (κ2) is 11.2. The van der Waals surface area contributed by atoms with Gasteiger partial charge < -0.3 is 24.2 Å². The molecule has 0 bridgehead atoms. The summed E-state index contributed by atoms with van der Waals surface area (Å²) in [5.74, 6) is 0.727. The minimum absolute atomic E-state index is 0.140. The molecule has 0 radical (unpaired) electrons. The number of piperidine rings is 1. The van der Waals surface area contributed by atoms with Crippen molar-refractivity contribution in [1.82, 2.24) is 19.6 Å². The molecule has 1 amide bonds. The van der Waals surface area contributed by atoms with E-state index in [-0.39, 0.29) is 24.3 Å². The number of methoxy groups -OCH3 is 1. The minimum atomic E-state index is -0.194. The van der Waals surface area contributed by atoms with Crippen LogP contribution in [0.2, 0.25) is 0 Å². The summed E-state index contributed by atoms with van der Waals surface area (Å²) in [5, 5.41) is 0. The first kappa shape index (κ1) is 23.8. The Balaban J connectivity index is 1.16. The highest BCUT2D eigenvalue weighted by molar-refractivity contribution is 5.70. The van der Waals surface area contributed by atoms with E-state index < -0.39 is 0 Å². The highest BCUT2D eigenvalue weighted by Crippen LogP contribution is 2.33. The lowest BCUT2D eigenvalue weighted by atomic mass is 9.90. The average Bonchev–Trinajstić information content (AvgIpc) is 3.63. The number of amides is 1. The fourth-order valence-electron chi connectivity index (χ4n) is 5.67. The van der Waals surface area contributed by atoms with Gasteiger partial charge in [-0.15, -0.1) is 0 Å². The van der Waals surface area contributed by atoms with Crippen molar-refractivity contribution < 1.29 is 19.1 Å². The zero-order chi connectivity index (χ0) is 22.5. The van der Waals surface area contributed by atoms with Crippen LogP contribution in [-0.2, 0) is 14.3 Å². The van der Waals surface area contributed by atoms with Crippen molar-refractivity contribution in [2.45, 2.75) is 76.1 Å². The molecule has 2 atom stereocenters. The van der Waals surface area contributed by atoms with Gasteiger partial charge in [-0.3, -0.25) is 9.69 Å². The summed E-state index contributed by atoms with van der Waals surface area (Å²) in [5.41, 5.74) is 0. The van der Waals surface area contributed by atoms with Crippen LogP contribution >= 0.6 is 0 Å². The molecule has 8 heteroatoms. The number of carbonyl (C=O) groups is 2. The zero-order valence-electron chi connectivity index (χ0n) is 20.0. The molecule has 0 aromatic carbocycles. The van der Waals surface area contributed by atoms with Gasteiger partial charge >= 0.3 is 12.1 Å². The number of esters is 1. The Labute approximate surface area is 193 Å². The highest BCUT2D eigenvalue weighted by atomic mass is 16.6. The fraction of sp³-hybridized carbons (Fsp3) is 0.917. The van der Waals surface area contributed by atoms with E-state index in [0.717, 1.165) is 57.5 Å². The molecule has 1 aliphatic carbocycles. The van der Waals surface area contributed by atoms with Gasteiger partial charge in [-0.25, -0.2) is 4.79 Å². The van der Waals surface area contributed by atoms with E-state index in [4.69, 9.17) is 9.47 Å². The molecule has 3 saturated heterocycles. The second-order valence-corrected chi connectivity index (χ2v) is 10.2. The third-order valence-corrected chi connectivity index (χ3v) is 8.04. The van der Waals surface area contributed by atoms with E-state index in [1.165, 1.54) is 58.7 Å². The molecule has 4 rings (SSSR count). The summed E-state index contributed by atoms with van der Waals surface area (Å²) in [6, 6.07) is 1.05. The standard InChI is InChI=1S/C24H42N4O4/c1-25-21(6-4-3-5-19-9-13-27(14-10-19)20-7-8-20)23(32-24(25)30)28-17-15-26(16-18-28)12-11-22(29)31-2/h19-21,23H,3-18H2,1-2H3. The van der Waals surface area contributed by atoms with Gasteiger partial charge in [0.2, 0.25) is 0 Å². The van der Waals surface area contributed by atoms with Gasteiger partial charge in [-0.1, -0.05) is 19.3 Å². The molecule has 0 aromatic heterocycles. The smallest absolute Gasteiger partial charge is 0.411 e. The van der Waals surface area contributed by atoms with Crippen molar-refractivity contribution in [2.24, 2.45) is 5.92 Å². The first-order chi connectivity index (χ1) is 15.5. The predicted octanol–water partition coefficient (Wildman–Crippen LogP) is 2.38. The Hall–Kier alpha value is -1.38. The largest absolute Gasteiger partial charge is 0.469 e. The van der Waals surface area contributed by atoms with Gasteiger partial charge in [0.1, 0.15) is 0 Å². The van der Waals surface area contributed by atoms with Crippen LogP contribution in [0.4, 0.5) is 4.79 Å². The number of likely N-dealkylation sites (tertiary alicyclic amines) is 1. The molecular weight excluding hydrogens is 408 g/mol. The van der Waals surface area contributed by atoms with E-state index in [0.29, 0.717) is 6.42 Å². The summed E-state index contributed by atoms with van der Waals surface area (Å²) in [6.07, 6.45) is 10.4. The molecule has 0 spiro atoms. The van der Waals surface area contributed by atoms with Gasteiger partial charge in [0.05, 0.1) is 19.6 Å². The molecule has 3 heterocycles. The normalized spacial score (nSPS) is 28.8. The lowest BCUT2D eigenvalue weighted by Gasteiger charge is -2.38. The van der Waals surface area contributed by atoms with E-state index in [1.807, 2.05) is 11.9 Å². The number of likely N-dealkylation sites (N-methyl/N-ethyl adjacent to an activating group) is 1. The number of carbonyl (C=O) groups excluding carboxylic acids is 2. The maximum absolute atomic E-state index is 12.3. The van der Waals surface area contributed by atoms with Crippen LogP contribution in [0.3, 0.4) is 0 Å². The first-order valence-electron chi connectivity index (χ1n) is 12.8. The Morgan fingerprint density at radius 1 is 0.969 bits per heavy atom. The molecule has 1 saturated carbocycles. The number of piperazine rings is 1. The van der Waals surface area contributed by atoms with Crippen LogP contribution in [0.25, 0.3) is 0 Å². The van der Waals surface area contributed by atoms with E-state index in [2.05, 4.69) is 14.7 Å². The third-order valence-electron chi connectivity index (χ3n) is 8.04. The van der Waals surface area contributed by atoms with Gasteiger partial charge in [-0.05, 0) is 51.1 Å². The molecule has 0 N–H and O–H groups in total. The maximum atomic E-state index is 12.3. The Morgan fingerprint density at radius 3 is 2.31 bits per heavy atom. The SMILES string of the molecule is COC(=O)CCN1CCN(C2OC(=O)N(C)C2CCCCC2CCN(C3CC3)CC2)CC1. The topological polar surface area (TPSA) is 65.6 Å². The number of cyclic esters (lactones) is 1. The van der Waals surface area contributed by atoms with Gasteiger partial charge in [-0.2, -0.15) is 0 Å². The van der Waals surface area contributed by atoms with E-state index in [1.54, 1.807) is 0 Å². The third kappa shape index (κ3) is 6.14. The summed E-state index contributed by atoms with van der Waals surface area (Å²) < 4.78 is 10.5. The molecule has 4 aliphatic rings. The van der Waals surface area contributed by atoms with E-state index in [9.17, 15) is 9.59 Å². The predicted molar refractivity (Wildman–Crippen MR) is 122 cm³/mol. The average molecular weight is 451 g/mol. The van der Waals surface area contributed by atoms with Crippen LogP contribution in [0.15, 0.2) is 0 Å². The zero-order valence-corrected chi connectivity index (χ0v) is 20.0. The van der Waals surface area contributed by atoms with Crippen molar-refractivity contribution in [2.75, 3.05) is 60.0 Å². The molecule has 8 nitrogen and oxygen atoms in total. The second-order valence-electron chi connectivity index (χ2n) is 10.2. The van der Waals surface area contributed by atoms with Crippen molar-refractivity contribution in [3.8, 4) is 0 Å². The monoisotopic (exact) mass is 450 g/mol. The Kier molecular flexibility index (Phi) is 8.29. The molecule has 0 aromatic rings. The number of unbranched alkanes of at least 4 members (excludes halogenated alkanes) is 1. The highest BCUT2D eigenvalue weighted by Gasteiger charge is 2.43. The number of hydrogen-bond donors (Lipinski definition) is 0. The van der Waals surface area contributed by atoms with Crippen molar-refractivity contribution in [1.29, 1.82) is 0 Å². The van der Waals surface area contributed by atoms with Gasteiger partial charge in [0, 0.05) is 45.8 Å². The Morgan fingerprint density at radius 2 is 1.66 bits per heavy atom. The molecule has 2 unspecified atom stereocenters. The quantitative estimate of drug-likeness (QED) is 0.374. The molecule has 3 aliphatic heterocycles. The van der Waals surface area contributed by atoms with Crippen LogP contribution < -0.4 is 0 Å². The van der Waals surface area contributed by atoms with Crippen LogP contribution in [-0.4, -0.2) is 110 Å². The number of hydrogen-bond acceptors (Lipinski definition) is 7. The molecular formula is C24H42N4O4. The fourth-order valence-corrected chi connectivity index (χ4v) is 5.67. The van der Waals surface area contributed by atoms with Crippen LogP contribution in [0.5, 0.6) is 0 Å². The minimum Gasteiger partial charge on any atom is -0.469 e. The lowest BCUT2D eigenvalue weighted by Crippen LogP contribution is -2.54. The summed E-state index contributed by atoms with van der Waals surface area (Å²) in [6.45, 7) is 6.84. The van der Waals surface area contributed by atoms with Crippen molar-refractivity contribution in [3.05, 3.63) is 0 Å². The number of nitrogens with zero attached hydrogens (tertiary/aromatic N) is 4. The molecule has 4 fully saturated rings. The number of ether oxygens (including phenoxy) is 2. The maximum Gasteiger partial charge on any atom is 0.411 e. The van der Waals surface area contributed by atoms with Crippen LogP contribution in [0, 0.1) is 5.92 Å². The van der Waals surface area contributed by atoms with Crippen LogP contribution in [0.1, 0.15) is 57.8 Å². The van der Waals surface area contributed by atoms with Gasteiger partial charge in [0.15, 0.2) is 6.23 Å². The summed E-state index contributed by atoms with van der Waals surface area (Å²) in [7, 11) is 3.32. The Bertz CT molecular complexity index is 627. The van der Waals surface area contributed by atoms with Crippen molar-refractivity contribution >= 4 is 12.1 Å². The molecule has 182 valence electrons. The van der Waals surface area contributed by atoms with E-state index >= 15 is 0 Å². The number of rotatable bonds is 10. The van der Waals surface area contributed by atoms with Crippen molar-refractivity contribution in [3.63, 3.8) is 0 Å². The summed E-state index contributed by atoms with van der Waals surface area (Å²) in [4.78, 5) is 32.8. The molecule has 32 heavy (non-hydrogen) atoms. The van der Waals surface area contributed by atoms with Gasteiger partial charge in [0.25, 0.3) is 0 Å².